The maximum atomic E-state index is 14.8. The van der Waals surface area contributed by atoms with Gasteiger partial charge >= 0.3 is 0 Å². The summed E-state index contributed by atoms with van der Waals surface area (Å²) in [7, 11) is 0. The lowest BCUT2D eigenvalue weighted by Gasteiger charge is -2.39. The zero-order chi connectivity index (χ0) is 63.6. The normalized spacial score (nSPS) is 28.7. The summed E-state index contributed by atoms with van der Waals surface area (Å²) < 4.78 is 32.8. The quantitative estimate of drug-likeness (QED) is 0.0326. The second kappa shape index (κ2) is 42.6. The molecule has 0 aromatic carbocycles. The number of carbonyl (C=O) groups excluding carboxylic acids is 6. The molecular weight excluding hydrogens is 1130 g/mol. The van der Waals surface area contributed by atoms with E-state index in [1.165, 1.54) is 44.9 Å². The van der Waals surface area contributed by atoms with Crippen LogP contribution in [-0.4, -0.2) is 247 Å². The largest absolute Gasteiger partial charge is 0.394 e. The maximum Gasteiger partial charge on any atom is 0.220 e. The Labute approximate surface area is 505 Å². The van der Waals surface area contributed by atoms with E-state index in [9.17, 15) is 90.0 Å². The van der Waals surface area contributed by atoms with Gasteiger partial charge in [-0.3, -0.25) is 28.8 Å². The number of hydrogen-bond donors (Lipinski definition) is 15. The third-order valence-electron chi connectivity index (χ3n) is 16.4. The van der Waals surface area contributed by atoms with E-state index in [1.54, 1.807) is 6.92 Å². The van der Waals surface area contributed by atoms with Crippen molar-refractivity contribution in [2.75, 3.05) is 52.7 Å². The van der Waals surface area contributed by atoms with Gasteiger partial charge in [-0.05, 0) is 50.4 Å². The third-order valence-corrected chi connectivity index (χ3v) is 16.4. The predicted octanol–water partition coefficient (Wildman–Crippen LogP) is -0.971. The van der Waals surface area contributed by atoms with Crippen LogP contribution >= 0.6 is 0 Å². The molecule has 27 heteroatoms. The molecule has 3 amide bonds. The van der Waals surface area contributed by atoms with Gasteiger partial charge < -0.3 is 106 Å². The number of ether oxygens (including phenoxy) is 6. The van der Waals surface area contributed by atoms with Crippen LogP contribution in [0.25, 0.3) is 0 Å². The average Bonchev–Trinajstić information content (AvgIpc) is 3.46. The Morgan fingerprint density at radius 1 is 0.430 bits per heavy atom. The molecule has 0 saturated carbocycles. The topological polar surface area (TPSA) is 437 Å². The van der Waals surface area contributed by atoms with E-state index in [2.05, 4.69) is 22.9 Å². The molecule has 0 aromatic rings. The molecule has 0 aromatic heterocycles. The Morgan fingerprint density at radius 3 is 1.30 bits per heavy atom. The summed E-state index contributed by atoms with van der Waals surface area (Å²) >= 11 is 0. The number of aliphatic hydroxyl groups is 12. The molecule has 3 aliphatic heterocycles. The fourth-order valence-electron chi connectivity index (χ4n) is 10.8. The van der Waals surface area contributed by atoms with Gasteiger partial charge in [-0.25, -0.2) is 0 Å². The van der Waals surface area contributed by atoms with Crippen molar-refractivity contribution in [3.05, 3.63) is 0 Å². The SMILES string of the molecule is CCCCCCCCCCCCCCC(=O)N[C@@H](CCC(=O)CC)C(=O)CC(CCCC(=O)NCCOC1O[C@H](CO)[C@@H](O)[C@H](O)[C@@H]1O)(CCC(=O)CCCO[C@H]1O[C@H](CO)[C@@H](O)[C@H](O)[C@@H]1O)CCC(=O)NCCOC1O[C@H](CO)[C@@H](O)[C@H](O)[C@@H]1O. The monoisotopic (exact) mass is 1240 g/mol. The lowest BCUT2D eigenvalue weighted by atomic mass is 9.70. The molecule has 3 unspecified atom stereocenters. The smallest absolute Gasteiger partial charge is 0.220 e. The van der Waals surface area contributed by atoms with Crippen molar-refractivity contribution in [3.8, 4) is 0 Å². The molecule has 3 saturated heterocycles. The van der Waals surface area contributed by atoms with Crippen molar-refractivity contribution < 1.29 is 118 Å². The fourth-order valence-corrected chi connectivity index (χ4v) is 10.8. The van der Waals surface area contributed by atoms with Crippen LogP contribution in [-0.2, 0) is 57.2 Å². The van der Waals surface area contributed by atoms with E-state index >= 15 is 0 Å². The number of hydrogen-bond acceptors (Lipinski definition) is 24. The zero-order valence-electron chi connectivity index (χ0n) is 50.5. The number of amides is 3. The van der Waals surface area contributed by atoms with E-state index in [0.29, 0.717) is 6.42 Å². The number of nitrogens with one attached hydrogen (secondary N) is 3. The highest BCUT2D eigenvalue weighted by molar-refractivity contribution is 5.90. The Bertz CT molecular complexity index is 1880. The molecule has 3 rings (SSSR count). The van der Waals surface area contributed by atoms with Crippen LogP contribution in [0.1, 0.15) is 181 Å². The van der Waals surface area contributed by atoms with Gasteiger partial charge in [0.1, 0.15) is 84.8 Å². The number of carbonyl (C=O) groups is 6. The highest BCUT2D eigenvalue weighted by Crippen LogP contribution is 2.41. The molecule has 0 radical (unpaired) electrons. The van der Waals surface area contributed by atoms with Gasteiger partial charge in [0.2, 0.25) is 17.7 Å². The minimum absolute atomic E-state index is 0.000607. The summed E-state index contributed by atoms with van der Waals surface area (Å²) in [5.41, 5.74) is -1.20. The molecule has 3 heterocycles. The molecule has 500 valence electrons. The number of unbranched alkanes of at least 4 members (excludes halogenated alkanes) is 11. The highest BCUT2D eigenvalue weighted by atomic mass is 16.7. The van der Waals surface area contributed by atoms with E-state index in [4.69, 9.17) is 28.4 Å². The van der Waals surface area contributed by atoms with Crippen molar-refractivity contribution in [1.82, 2.24) is 16.0 Å². The average molecular weight is 1240 g/mol. The zero-order valence-corrected chi connectivity index (χ0v) is 50.5. The van der Waals surface area contributed by atoms with E-state index in [0.717, 1.165) is 25.7 Å². The number of aliphatic hydroxyl groups excluding tert-OH is 12. The van der Waals surface area contributed by atoms with Gasteiger partial charge in [0.05, 0.1) is 45.7 Å². The lowest BCUT2D eigenvalue weighted by Crippen LogP contribution is -2.59. The van der Waals surface area contributed by atoms with Gasteiger partial charge in [-0.15, -0.1) is 0 Å². The molecule has 86 heavy (non-hydrogen) atoms. The standard InChI is InChI=1S/C59H105N3O24/c1-3-5-6-7-8-9-10-11-12-13-14-15-19-46(71)62-39(22-21-37(66)4-2)40(68)33-59(26-23-38(67)18-17-30-81-56-53(78)50(75)47(72)41(34-63)84-56,27-24-45(70)61-29-32-83-58-55(80)52(77)49(74)43(36-65)86-58)25-16-20-44(69)60-28-31-82-57-54(79)51(76)48(73)42(35-64)85-57/h39,41-43,47-58,63-65,72-80H,3-36H2,1-2H3,(H,60,69)(H,61,70)(H,62,71)/t39-,41+,42+,43+,47+,48+,49+,50-,51-,52-,53-,54-,55-,56-,57?,58?,59?/m0/s1. The van der Waals surface area contributed by atoms with Crippen LogP contribution in [0, 0.1) is 5.41 Å². The third kappa shape index (κ3) is 27.4. The van der Waals surface area contributed by atoms with Crippen LogP contribution in [0.3, 0.4) is 0 Å². The molecule has 3 fully saturated rings. The molecule has 0 aliphatic carbocycles. The molecule has 3 aliphatic rings. The van der Waals surface area contributed by atoms with Gasteiger partial charge in [0, 0.05) is 64.5 Å². The molecule has 15 N–H and O–H groups in total. The molecular formula is C59H105N3O24. The highest BCUT2D eigenvalue weighted by Gasteiger charge is 2.46. The van der Waals surface area contributed by atoms with Crippen LogP contribution in [0.15, 0.2) is 0 Å². The molecule has 27 nitrogen and oxygen atoms in total. The summed E-state index contributed by atoms with van der Waals surface area (Å²) in [5.74, 6) is -2.27. The number of ketones is 3. The van der Waals surface area contributed by atoms with Gasteiger partial charge in [-0.2, -0.15) is 0 Å². The Balaban J connectivity index is 1.82. The summed E-state index contributed by atoms with van der Waals surface area (Å²) in [4.78, 5) is 82.0. The minimum Gasteiger partial charge on any atom is -0.394 e. The lowest BCUT2D eigenvalue weighted by molar-refractivity contribution is -0.301. The first-order valence-electron chi connectivity index (χ1n) is 31.3. The van der Waals surface area contributed by atoms with E-state index in [1.807, 2.05) is 0 Å². The summed E-state index contributed by atoms with van der Waals surface area (Å²) in [5, 5.41) is 129. The van der Waals surface area contributed by atoms with E-state index < -0.39 is 141 Å². The van der Waals surface area contributed by atoms with Crippen LogP contribution in [0.2, 0.25) is 0 Å². The maximum absolute atomic E-state index is 14.8. The minimum atomic E-state index is -1.70. The number of rotatable bonds is 47. The second-order valence-electron chi connectivity index (χ2n) is 23.2. The van der Waals surface area contributed by atoms with Crippen molar-refractivity contribution in [2.24, 2.45) is 5.41 Å². The van der Waals surface area contributed by atoms with Crippen molar-refractivity contribution in [2.45, 2.75) is 279 Å². The fraction of sp³-hybridized carbons (Fsp3) is 0.898. The Morgan fingerprint density at radius 2 is 0.849 bits per heavy atom. The summed E-state index contributed by atoms with van der Waals surface area (Å²) in [6.45, 7) is 0.954. The van der Waals surface area contributed by atoms with Crippen LogP contribution in [0.5, 0.6) is 0 Å². The predicted molar refractivity (Wildman–Crippen MR) is 306 cm³/mol. The van der Waals surface area contributed by atoms with E-state index in [-0.39, 0.29) is 140 Å². The van der Waals surface area contributed by atoms with Crippen molar-refractivity contribution >= 4 is 35.1 Å². The number of Topliss-reactive ketones (excluding diaryl/α,β-unsaturated/α-hetero) is 3. The molecule has 0 bridgehead atoms. The van der Waals surface area contributed by atoms with Crippen molar-refractivity contribution in [1.29, 1.82) is 0 Å². The first-order chi connectivity index (χ1) is 41.1. The first-order valence-corrected chi connectivity index (χ1v) is 31.3. The Hall–Kier alpha value is -3.30. The van der Waals surface area contributed by atoms with Gasteiger partial charge in [0.25, 0.3) is 0 Å². The molecule has 17 atom stereocenters. The van der Waals surface area contributed by atoms with Crippen molar-refractivity contribution in [3.63, 3.8) is 0 Å². The second-order valence-corrected chi connectivity index (χ2v) is 23.2. The summed E-state index contributed by atoms with van der Waals surface area (Å²) in [6, 6.07) is -1.12. The summed E-state index contributed by atoms with van der Waals surface area (Å²) in [6.07, 6.45) is -10.1. The van der Waals surface area contributed by atoms with Crippen LogP contribution in [0.4, 0.5) is 0 Å². The molecule has 0 spiro atoms. The Kier molecular flexibility index (Phi) is 38.2. The van der Waals surface area contributed by atoms with Gasteiger partial charge in [0.15, 0.2) is 24.7 Å². The van der Waals surface area contributed by atoms with Crippen LogP contribution < -0.4 is 16.0 Å². The first kappa shape index (κ1) is 76.9. The van der Waals surface area contributed by atoms with Gasteiger partial charge in [-0.1, -0.05) is 84.5 Å².